The summed E-state index contributed by atoms with van der Waals surface area (Å²) in [4.78, 5) is 11.3. The summed E-state index contributed by atoms with van der Waals surface area (Å²) in [5, 5.41) is 3.33. The number of rotatable bonds is 5. The molecule has 116 valence electrons. The van der Waals surface area contributed by atoms with Crippen LogP contribution >= 0.6 is 0 Å². The summed E-state index contributed by atoms with van der Waals surface area (Å²) in [5.41, 5.74) is 0.924. The van der Waals surface area contributed by atoms with E-state index in [-0.39, 0.29) is 0 Å². The minimum atomic E-state index is 0.640. The Morgan fingerprint density at radius 1 is 1.14 bits per heavy atom. The van der Waals surface area contributed by atoms with E-state index in [2.05, 4.69) is 20.2 Å². The number of hydrogen-bond donors (Lipinski definition) is 1. The normalized spacial score (nSPS) is 14.7. The van der Waals surface area contributed by atoms with E-state index in [1.54, 1.807) is 0 Å². The fraction of sp³-hybridized carbons (Fsp3) is 0.412. The Morgan fingerprint density at radius 3 is 2.77 bits per heavy atom. The molecule has 0 bridgehead atoms. The monoisotopic (exact) mass is 298 g/mol. The Morgan fingerprint density at radius 2 is 1.95 bits per heavy atom. The van der Waals surface area contributed by atoms with Gasteiger partial charge in [-0.25, -0.2) is 4.98 Å². The zero-order valence-corrected chi connectivity index (χ0v) is 13.0. The van der Waals surface area contributed by atoms with Crippen molar-refractivity contribution in [1.82, 2.24) is 9.97 Å². The topological polar surface area (TPSA) is 50.3 Å². The van der Waals surface area contributed by atoms with Crippen molar-refractivity contribution in [3.05, 3.63) is 36.5 Å². The minimum Gasteiger partial charge on any atom is -0.492 e. The molecule has 2 aromatic rings. The van der Waals surface area contributed by atoms with Crippen LogP contribution in [0.5, 0.6) is 5.75 Å². The Kier molecular flexibility index (Phi) is 4.73. The highest BCUT2D eigenvalue weighted by Gasteiger charge is 2.14. The van der Waals surface area contributed by atoms with Gasteiger partial charge >= 0.3 is 0 Å². The van der Waals surface area contributed by atoms with Crippen molar-refractivity contribution < 1.29 is 4.74 Å². The predicted octanol–water partition coefficient (Wildman–Crippen LogP) is 3.61. The van der Waals surface area contributed by atoms with Crippen molar-refractivity contribution in [2.24, 2.45) is 0 Å². The standard InChI is InChI=1S/C17H22N4O/c1-2-22-15-9-5-4-8-14(15)19-16-10-11-18-17(20-16)21-12-6-3-7-13-21/h4-5,8-11H,2-3,6-7,12-13H2,1H3,(H,18,19,20). The number of ether oxygens (including phenoxy) is 1. The summed E-state index contributed by atoms with van der Waals surface area (Å²) in [6.07, 6.45) is 5.54. The molecular formula is C17H22N4O. The molecule has 5 nitrogen and oxygen atoms in total. The Balaban J connectivity index is 1.78. The lowest BCUT2D eigenvalue weighted by molar-refractivity contribution is 0.342. The van der Waals surface area contributed by atoms with Gasteiger partial charge in [0.2, 0.25) is 5.95 Å². The zero-order valence-electron chi connectivity index (χ0n) is 13.0. The molecule has 0 atom stereocenters. The molecule has 0 amide bonds. The molecule has 1 aliphatic rings. The third kappa shape index (κ3) is 3.47. The Hall–Kier alpha value is -2.30. The fourth-order valence-electron chi connectivity index (χ4n) is 2.65. The van der Waals surface area contributed by atoms with Gasteiger partial charge in [0.1, 0.15) is 11.6 Å². The number of anilines is 3. The minimum absolute atomic E-state index is 0.640. The van der Waals surface area contributed by atoms with E-state index in [1.807, 2.05) is 43.5 Å². The summed E-state index contributed by atoms with van der Waals surface area (Å²) >= 11 is 0. The third-order valence-electron chi connectivity index (χ3n) is 3.73. The zero-order chi connectivity index (χ0) is 15.2. The largest absolute Gasteiger partial charge is 0.492 e. The first-order chi connectivity index (χ1) is 10.9. The molecule has 2 heterocycles. The number of piperidine rings is 1. The van der Waals surface area contributed by atoms with Crippen LogP contribution in [-0.4, -0.2) is 29.7 Å². The van der Waals surface area contributed by atoms with Gasteiger partial charge in [0.25, 0.3) is 0 Å². The van der Waals surface area contributed by atoms with E-state index in [4.69, 9.17) is 4.74 Å². The van der Waals surface area contributed by atoms with Crippen LogP contribution in [0.4, 0.5) is 17.5 Å². The number of nitrogens with one attached hydrogen (secondary N) is 1. The van der Waals surface area contributed by atoms with E-state index >= 15 is 0 Å². The predicted molar refractivity (Wildman–Crippen MR) is 89.0 cm³/mol. The van der Waals surface area contributed by atoms with Gasteiger partial charge in [0.15, 0.2) is 0 Å². The molecule has 1 aliphatic heterocycles. The average molecular weight is 298 g/mol. The smallest absolute Gasteiger partial charge is 0.227 e. The summed E-state index contributed by atoms with van der Waals surface area (Å²) < 4.78 is 5.64. The van der Waals surface area contributed by atoms with Gasteiger partial charge in [-0.1, -0.05) is 12.1 Å². The SMILES string of the molecule is CCOc1ccccc1Nc1ccnc(N2CCCCC2)n1. The van der Waals surface area contributed by atoms with E-state index in [0.717, 1.165) is 36.3 Å². The van der Waals surface area contributed by atoms with Crippen LogP contribution in [-0.2, 0) is 0 Å². The van der Waals surface area contributed by atoms with Crippen LogP contribution in [0.3, 0.4) is 0 Å². The van der Waals surface area contributed by atoms with E-state index in [9.17, 15) is 0 Å². The molecular weight excluding hydrogens is 276 g/mol. The average Bonchev–Trinajstić information content (AvgIpc) is 2.58. The highest BCUT2D eigenvalue weighted by Crippen LogP contribution is 2.27. The van der Waals surface area contributed by atoms with Crippen molar-refractivity contribution in [2.45, 2.75) is 26.2 Å². The van der Waals surface area contributed by atoms with Crippen molar-refractivity contribution in [2.75, 3.05) is 29.9 Å². The summed E-state index contributed by atoms with van der Waals surface area (Å²) in [6.45, 7) is 4.70. The number of nitrogens with zero attached hydrogens (tertiary/aromatic N) is 3. The number of aromatic nitrogens is 2. The number of para-hydroxylation sites is 2. The Labute approximate surface area is 131 Å². The maximum atomic E-state index is 5.64. The quantitative estimate of drug-likeness (QED) is 0.914. The molecule has 1 aromatic heterocycles. The maximum Gasteiger partial charge on any atom is 0.227 e. The van der Waals surface area contributed by atoms with Gasteiger partial charge in [0, 0.05) is 19.3 Å². The second-order valence-corrected chi connectivity index (χ2v) is 5.34. The van der Waals surface area contributed by atoms with Crippen LogP contribution in [0, 0.1) is 0 Å². The first-order valence-electron chi connectivity index (χ1n) is 7.93. The Bertz CT molecular complexity index is 611. The molecule has 0 radical (unpaired) electrons. The molecule has 1 N–H and O–H groups in total. The summed E-state index contributed by atoms with van der Waals surface area (Å²) in [5.74, 6) is 2.43. The van der Waals surface area contributed by atoms with Gasteiger partial charge in [-0.3, -0.25) is 0 Å². The van der Waals surface area contributed by atoms with Crippen LogP contribution in [0.1, 0.15) is 26.2 Å². The molecule has 1 aromatic carbocycles. The van der Waals surface area contributed by atoms with Gasteiger partial charge in [-0.15, -0.1) is 0 Å². The molecule has 22 heavy (non-hydrogen) atoms. The van der Waals surface area contributed by atoms with Crippen molar-refractivity contribution in [1.29, 1.82) is 0 Å². The first kappa shape index (κ1) is 14.6. The first-order valence-corrected chi connectivity index (χ1v) is 7.93. The number of benzene rings is 1. The second-order valence-electron chi connectivity index (χ2n) is 5.34. The molecule has 3 rings (SSSR count). The lowest BCUT2D eigenvalue weighted by Gasteiger charge is -2.26. The summed E-state index contributed by atoms with van der Waals surface area (Å²) in [6, 6.07) is 9.79. The van der Waals surface area contributed by atoms with Crippen LogP contribution in [0.2, 0.25) is 0 Å². The van der Waals surface area contributed by atoms with E-state index < -0.39 is 0 Å². The molecule has 1 saturated heterocycles. The van der Waals surface area contributed by atoms with E-state index in [0.29, 0.717) is 6.61 Å². The molecule has 1 fully saturated rings. The van der Waals surface area contributed by atoms with Crippen LogP contribution in [0.25, 0.3) is 0 Å². The van der Waals surface area contributed by atoms with Crippen molar-refractivity contribution >= 4 is 17.5 Å². The fourth-order valence-corrected chi connectivity index (χ4v) is 2.65. The molecule has 0 saturated carbocycles. The molecule has 0 spiro atoms. The van der Waals surface area contributed by atoms with Gasteiger partial charge in [0.05, 0.1) is 12.3 Å². The highest BCUT2D eigenvalue weighted by molar-refractivity contribution is 5.64. The van der Waals surface area contributed by atoms with Gasteiger partial charge in [-0.05, 0) is 44.4 Å². The van der Waals surface area contributed by atoms with Gasteiger partial charge in [-0.2, -0.15) is 4.98 Å². The maximum absolute atomic E-state index is 5.64. The van der Waals surface area contributed by atoms with Crippen molar-refractivity contribution in [3.63, 3.8) is 0 Å². The lowest BCUT2D eigenvalue weighted by Crippen LogP contribution is -2.31. The molecule has 0 unspecified atom stereocenters. The van der Waals surface area contributed by atoms with Crippen LogP contribution in [0.15, 0.2) is 36.5 Å². The van der Waals surface area contributed by atoms with Gasteiger partial charge < -0.3 is 15.0 Å². The van der Waals surface area contributed by atoms with E-state index in [1.165, 1.54) is 19.3 Å². The molecule has 5 heteroatoms. The lowest BCUT2D eigenvalue weighted by atomic mass is 10.1. The molecule has 0 aliphatic carbocycles. The summed E-state index contributed by atoms with van der Waals surface area (Å²) in [7, 11) is 0. The third-order valence-corrected chi connectivity index (χ3v) is 3.73. The number of hydrogen-bond acceptors (Lipinski definition) is 5. The van der Waals surface area contributed by atoms with Crippen molar-refractivity contribution in [3.8, 4) is 5.75 Å². The highest BCUT2D eigenvalue weighted by atomic mass is 16.5. The van der Waals surface area contributed by atoms with Crippen LogP contribution < -0.4 is 15.0 Å². The second kappa shape index (κ2) is 7.11.